The Morgan fingerprint density at radius 1 is 0.319 bits per heavy atom. The van der Waals surface area contributed by atoms with Crippen LogP contribution in [-0.4, -0.2) is 19.1 Å². The van der Waals surface area contributed by atoms with Crippen molar-refractivity contribution >= 4 is 93.3 Å². The Labute approximate surface area is 416 Å². The first kappa shape index (κ1) is 40.6. The molecule has 0 radical (unpaired) electrons. The average molecular weight is 920 g/mol. The molecule has 5 heteroatoms. The second-order valence-corrected chi connectivity index (χ2v) is 19.9. The number of fused-ring (bicyclic) bond motifs is 11. The van der Waals surface area contributed by atoms with Crippen molar-refractivity contribution in [2.75, 3.05) is 4.90 Å². The fourth-order valence-electron chi connectivity index (χ4n) is 12.0. The standard InChI is InChI=1S/C67H45N5/c1-67(2)57-37-46(48-21-28-55-53-15-7-9-17-61(53)70(65(55)39-48)50-25-19-42-11-3-5-13-44(42)35-50)23-31-63(57)72(52-27-30-59-60(41-52)69-34-33-68-59)64-32-24-47(38-58(64)67)49-22-29-56-54-16-8-10-18-62(54)71(66(56)40-49)51-26-20-43-12-4-6-14-45(43)36-51/h3-41H,1-2H3. The Balaban J connectivity index is 0.904. The minimum Gasteiger partial charge on any atom is -0.310 e. The highest BCUT2D eigenvalue weighted by Gasteiger charge is 2.38. The van der Waals surface area contributed by atoms with Gasteiger partial charge in [-0.2, -0.15) is 0 Å². The van der Waals surface area contributed by atoms with E-state index in [1.54, 1.807) is 12.4 Å². The van der Waals surface area contributed by atoms with Crippen LogP contribution in [0.3, 0.4) is 0 Å². The first-order chi connectivity index (χ1) is 35.4. The molecule has 0 aliphatic carbocycles. The van der Waals surface area contributed by atoms with Crippen LogP contribution >= 0.6 is 0 Å². The predicted octanol–water partition coefficient (Wildman–Crippen LogP) is 17.6. The zero-order chi connectivity index (χ0) is 47.7. The highest BCUT2D eigenvalue weighted by atomic mass is 15.2. The molecule has 338 valence electrons. The summed E-state index contributed by atoms with van der Waals surface area (Å²) in [4.78, 5) is 11.8. The molecular formula is C67H45N5. The normalized spacial score (nSPS) is 13.2. The van der Waals surface area contributed by atoms with Gasteiger partial charge in [0.25, 0.3) is 0 Å². The Kier molecular flexibility index (Phi) is 8.64. The number of anilines is 3. The van der Waals surface area contributed by atoms with Gasteiger partial charge in [0.05, 0.1) is 44.5 Å². The first-order valence-electron chi connectivity index (χ1n) is 24.8. The molecule has 0 amide bonds. The van der Waals surface area contributed by atoms with E-state index < -0.39 is 0 Å². The maximum Gasteiger partial charge on any atom is 0.0907 e. The SMILES string of the molecule is CC1(C)c2cc(-c3ccc4c5ccccc5n(-c5ccc6ccccc6c5)c4c3)ccc2N(c2ccc3nccnc3c2)c2ccc(-c3ccc4c5ccccc5n(-c5ccc6ccccc6c5)c4c3)cc21. The number of para-hydroxylation sites is 2. The number of nitrogens with zero attached hydrogens (tertiary/aromatic N) is 5. The summed E-state index contributed by atoms with van der Waals surface area (Å²) in [6.07, 6.45) is 3.54. The Morgan fingerprint density at radius 3 is 1.29 bits per heavy atom. The van der Waals surface area contributed by atoms with Gasteiger partial charge in [0.1, 0.15) is 0 Å². The van der Waals surface area contributed by atoms with Gasteiger partial charge in [-0.05, 0) is 146 Å². The van der Waals surface area contributed by atoms with Crippen LogP contribution in [0.15, 0.2) is 237 Å². The second-order valence-electron chi connectivity index (χ2n) is 19.9. The fourth-order valence-corrected chi connectivity index (χ4v) is 12.0. The highest BCUT2D eigenvalue weighted by Crippen LogP contribution is 2.54. The smallest absolute Gasteiger partial charge is 0.0907 e. The zero-order valence-corrected chi connectivity index (χ0v) is 39.8. The van der Waals surface area contributed by atoms with Crippen LogP contribution in [0.25, 0.3) is 110 Å². The maximum absolute atomic E-state index is 4.76. The number of rotatable bonds is 5. The topological polar surface area (TPSA) is 38.9 Å². The largest absolute Gasteiger partial charge is 0.310 e. The van der Waals surface area contributed by atoms with Gasteiger partial charge < -0.3 is 14.0 Å². The lowest BCUT2D eigenvalue weighted by atomic mass is 9.72. The lowest BCUT2D eigenvalue weighted by Crippen LogP contribution is -2.30. The van der Waals surface area contributed by atoms with Crippen LogP contribution in [0.5, 0.6) is 0 Å². The molecule has 4 heterocycles. The van der Waals surface area contributed by atoms with Crippen molar-refractivity contribution in [3.63, 3.8) is 0 Å². The van der Waals surface area contributed by atoms with Gasteiger partial charge in [-0.1, -0.05) is 147 Å². The summed E-state index contributed by atoms with van der Waals surface area (Å²) in [6.45, 7) is 4.78. The van der Waals surface area contributed by atoms with Crippen molar-refractivity contribution in [3.8, 4) is 33.6 Å². The van der Waals surface area contributed by atoms with Gasteiger partial charge in [-0.15, -0.1) is 0 Å². The van der Waals surface area contributed by atoms with Crippen LogP contribution in [0.4, 0.5) is 17.1 Å². The van der Waals surface area contributed by atoms with Crippen molar-refractivity contribution in [1.29, 1.82) is 0 Å². The lowest BCUT2D eigenvalue weighted by molar-refractivity contribution is 0.632. The van der Waals surface area contributed by atoms with Crippen molar-refractivity contribution in [2.45, 2.75) is 19.3 Å². The molecule has 0 saturated carbocycles. The molecule has 72 heavy (non-hydrogen) atoms. The molecule has 0 unspecified atom stereocenters. The molecule has 0 fully saturated rings. The van der Waals surface area contributed by atoms with E-state index in [1.807, 2.05) is 0 Å². The summed E-state index contributed by atoms with van der Waals surface area (Å²) in [5, 5.41) is 9.90. The van der Waals surface area contributed by atoms with Crippen molar-refractivity contribution < 1.29 is 0 Å². The van der Waals surface area contributed by atoms with Crippen molar-refractivity contribution in [1.82, 2.24) is 19.1 Å². The van der Waals surface area contributed by atoms with E-state index in [-0.39, 0.29) is 5.41 Å². The lowest BCUT2D eigenvalue weighted by Gasteiger charge is -2.42. The number of benzene rings is 11. The Morgan fingerprint density at radius 2 is 0.750 bits per heavy atom. The van der Waals surface area contributed by atoms with Crippen LogP contribution in [0.1, 0.15) is 25.0 Å². The maximum atomic E-state index is 4.76. The zero-order valence-electron chi connectivity index (χ0n) is 39.8. The summed E-state index contributed by atoms with van der Waals surface area (Å²) in [5.41, 5.74) is 19.0. The third kappa shape index (κ3) is 6.07. The number of hydrogen-bond acceptors (Lipinski definition) is 3. The van der Waals surface area contributed by atoms with Gasteiger partial charge in [0.2, 0.25) is 0 Å². The van der Waals surface area contributed by atoms with E-state index in [1.165, 1.54) is 98.5 Å². The Bertz CT molecular complexity index is 4320. The quantitative estimate of drug-likeness (QED) is 0.173. The van der Waals surface area contributed by atoms with E-state index in [0.717, 1.165) is 39.5 Å². The van der Waals surface area contributed by atoms with E-state index >= 15 is 0 Å². The third-order valence-electron chi connectivity index (χ3n) is 15.5. The summed E-state index contributed by atoms with van der Waals surface area (Å²) in [6, 6.07) is 83.0. The molecule has 1 aliphatic rings. The van der Waals surface area contributed by atoms with E-state index in [0.29, 0.717) is 0 Å². The fraction of sp³-hybridized carbons (Fsp3) is 0.0448. The minimum absolute atomic E-state index is 0.377. The van der Waals surface area contributed by atoms with Crippen LogP contribution in [0.2, 0.25) is 0 Å². The second kappa shape index (κ2) is 15.3. The van der Waals surface area contributed by atoms with Gasteiger partial charge in [-0.25, -0.2) is 0 Å². The first-order valence-corrected chi connectivity index (χ1v) is 24.8. The number of aromatic nitrogens is 4. The van der Waals surface area contributed by atoms with Gasteiger partial charge in [0, 0.05) is 56.4 Å². The monoisotopic (exact) mass is 919 g/mol. The summed E-state index contributed by atoms with van der Waals surface area (Å²) < 4.78 is 4.87. The molecule has 3 aromatic heterocycles. The third-order valence-corrected chi connectivity index (χ3v) is 15.5. The summed E-state index contributed by atoms with van der Waals surface area (Å²) in [7, 11) is 0. The van der Waals surface area contributed by atoms with Crippen molar-refractivity contribution in [3.05, 3.63) is 248 Å². The highest BCUT2D eigenvalue weighted by molar-refractivity contribution is 6.12. The van der Waals surface area contributed by atoms with Crippen molar-refractivity contribution in [2.24, 2.45) is 0 Å². The van der Waals surface area contributed by atoms with Gasteiger partial charge in [0.15, 0.2) is 0 Å². The molecular weight excluding hydrogens is 875 g/mol. The molecule has 5 nitrogen and oxygen atoms in total. The van der Waals surface area contributed by atoms with Crippen LogP contribution in [-0.2, 0) is 5.41 Å². The molecule has 0 atom stereocenters. The van der Waals surface area contributed by atoms with Gasteiger partial charge >= 0.3 is 0 Å². The molecule has 0 spiro atoms. The predicted molar refractivity (Wildman–Crippen MR) is 301 cm³/mol. The summed E-state index contributed by atoms with van der Waals surface area (Å²) in [5.74, 6) is 0. The van der Waals surface area contributed by atoms with Crippen LogP contribution < -0.4 is 4.90 Å². The molecule has 1 aliphatic heterocycles. The van der Waals surface area contributed by atoms with E-state index in [2.05, 4.69) is 257 Å². The van der Waals surface area contributed by atoms with E-state index in [9.17, 15) is 0 Å². The molecule has 11 aromatic carbocycles. The number of hydrogen-bond donors (Lipinski definition) is 0. The summed E-state index contributed by atoms with van der Waals surface area (Å²) >= 11 is 0. The van der Waals surface area contributed by atoms with Crippen LogP contribution in [0, 0.1) is 0 Å². The minimum atomic E-state index is -0.377. The molecule has 15 rings (SSSR count). The van der Waals surface area contributed by atoms with Gasteiger partial charge in [-0.3, -0.25) is 9.97 Å². The molecule has 0 bridgehead atoms. The molecule has 0 N–H and O–H groups in total. The Hall–Kier alpha value is -9.32. The molecule has 0 saturated heterocycles. The van der Waals surface area contributed by atoms with E-state index in [4.69, 9.17) is 4.98 Å². The average Bonchev–Trinajstić information content (AvgIpc) is 3.95. The molecule has 14 aromatic rings.